The van der Waals surface area contributed by atoms with Crippen molar-refractivity contribution in [2.24, 2.45) is 0 Å². The molecule has 11 heavy (non-hydrogen) atoms. The first-order chi connectivity index (χ1) is 5.24. The smallest absolute Gasteiger partial charge is 0.150 e. The zero-order chi connectivity index (χ0) is 8.27. The lowest BCUT2D eigenvalue weighted by molar-refractivity contribution is -0.715. The van der Waals surface area contributed by atoms with Gasteiger partial charge in [0.05, 0.1) is 0 Å². The third-order valence-electron chi connectivity index (χ3n) is 1.28. The molecule has 0 spiro atoms. The van der Waals surface area contributed by atoms with Crippen molar-refractivity contribution in [1.29, 1.82) is 0 Å². The van der Waals surface area contributed by atoms with Gasteiger partial charge in [0, 0.05) is 17.7 Å². The molecular formula is C7H6NO3-. The van der Waals surface area contributed by atoms with Gasteiger partial charge in [-0.3, -0.25) is 4.79 Å². The third-order valence-corrected chi connectivity index (χ3v) is 1.28. The molecule has 0 heterocycles. The van der Waals surface area contributed by atoms with E-state index in [1.165, 1.54) is 24.3 Å². The molecule has 0 aromatic heterocycles. The molecule has 0 atom stereocenters. The SMILES string of the molecule is O=Cc1ccc([NH+]([O-])[O-])cc1. The van der Waals surface area contributed by atoms with Crippen molar-refractivity contribution in [3.8, 4) is 0 Å². The van der Waals surface area contributed by atoms with Gasteiger partial charge in [0.1, 0.15) is 12.0 Å². The second-order valence-corrected chi connectivity index (χ2v) is 2.03. The molecule has 0 saturated carbocycles. The van der Waals surface area contributed by atoms with E-state index in [2.05, 4.69) is 0 Å². The lowest BCUT2D eigenvalue weighted by Gasteiger charge is -2.24. The predicted molar refractivity (Wildman–Crippen MR) is 39.2 cm³/mol. The van der Waals surface area contributed by atoms with Crippen molar-refractivity contribution < 1.29 is 10.0 Å². The van der Waals surface area contributed by atoms with Crippen molar-refractivity contribution in [2.75, 3.05) is 0 Å². The molecule has 0 unspecified atom stereocenters. The van der Waals surface area contributed by atoms with Gasteiger partial charge in [0.15, 0.2) is 0 Å². The number of hydrogen-bond donors (Lipinski definition) is 1. The largest absolute Gasteiger partial charge is 0.628 e. The Morgan fingerprint density at radius 2 is 1.73 bits per heavy atom. The average molecular weight is 152 g/mol. The van der Waals surface area contributed by atoms with E-state index in [0.717, 1.165) is 0 Å². The molecule has 0 aliphatic carbocycles. The summed E-state index contributed by atoms with van der Waals surface area (Å²) in [6, 6.07) is 5.52. The Labute approximate surface area is 63.2 Å². The van der Waals surface area contributed by atoms with E-state index in [1.54, 1.807) is 0 Å². The van der Waals surface area contributed by atoms with Crippen LogP contribution in [0.4, 0.5) is 5.69 Å². The van der Waals surface area contributed by atoms with Crippen molar-refractivity contribution in [2.45, 2.75) is 0 Å². The fourth-order valence-corrected chi connectivity index (χ4v) is 0.698. The number of rotatable bonds is 2. The highest BCUT2D eigenvalue weighted by atomic mass is 16.8. The molecule has 0 aliphatic heterocycles. The standard InChI is InChI=1S/C7H6NO3/c9-5-6-1-3-7(4-2-6)8(10)11/h1-5,8H/q-1. The van der Waals surface area contributed by atoms with Gasteiger partial charge in [-0.25, -0.2) is 0 Å². The molecule has 0 bridgehead atoms. The van der Waals surface area contributed by atoms with Crippen LogP contribution < -0.4 is 5.23 Å². The van der Waals surface area contributed by atoms with Gasteiger partial charge in [-0.05, 0) is 12.1 Å². The molecule has 0 saturated heterocycles. The minimum absolute atomic E-state index is 0.0793. The molecule has 0 radical (unpaired) electrons. The Hall–Kier alpha value is -1.23. The summed E-state index contributed by atoms with van der Waals surface area (Å²) in [5, 5.41) is 19.2. The molecule has 4 nitrogen and oxygen atoms in total. The van der Waals surface area contributed by atoms with Gasteiger partial charge in [0.2, 0.25) is 0 Å². The van der Waals surface area contributed by atoms with Crippen molar-refractivity contribution in [3.63, 3.8) is 0 Å². The summed E-state index contributed by atoms with van der Waals surface area (Å²) in [6.45, 7) is 0. The highest BCUT2D eigenvalue weighted by Gasteiger charge is 1.93. The number of nitrogens with one attached hydrogen (secondary N) is 1. The number of aldehydes is 1. The van der Waals surface area contributed by atoms with Crippen molar-refractivity contribution in [1.82, 2.24) is 0 Å². The summed E-state index contributed by atoms with van der Waals surface area (Å²) in [7, 11) is 0. The number of carbonyl (C=O) groups excluding carboxylic acids is 1. The summed E-state index contributed by atoms with van der Waals surface area (Å²) >= 11 is 0. The van der Waals surface area contributed by atoms with E-state index in [0.29, 0.717) is 11.8 Å². The number of benzene rings is 1. The third kappa shape index (κ3) is 1.84. The topological polar surface area (TPSA) is 67.6 Å². The number of hydrogen-bond acceptors (Lipinski definition) is 3. The van der Waals surface area contributed by atoms with Gasteiger partial charge < -0.3 is 15.6 Å². The van der Waals surface area contributed by atoms with Crippen LogP contribution in [0.1, 0.15) is 10.4 Å². The molecule has 1 rings (SSSR count). The summed E-state index contributed by atoms with van der Waals surface area (Å²) in [5.74, 6) is 0. The van der Waals surface area contributed by atoms with Gasteiger partial charge in [-0.2, -0.15) is 0 Å². The number of quaternary nitrogens is 1. The Kier molecular flexibility index (Phi) is 2.32. The molecule has 0 fully saturated rings. The molecule has 58 valence electrons. The maximum atomic E-state index is 10.2. The molecular weight excluding hydrogens is 146 g/mol. The van der Waals surface area contributed by atoms with Crippen LogP contribution >= 0.6 is 0 Å². The maximum Gasteiger partial charge on any atom is 0.150 e. The van der Waals surface area contributed by atoms with Crippen LogP contribution in [0.15, 0.2) is 24.3 Å². The molecule has 0 amide bonds. The van der Waals surface area contributed by atoms with Crippen LogP contribution in [-0.2, 0) is 0 Å². The maximum absolute atomic E-state index is 10.2. The Balaban J connectivity index is 2.91. The highest BCUT2D eigenvalue weighted by Crippen LogP contribution is 2.02. The minimum Gasteiger partial charge on any atom is -0.628 e. The molecule has 1 aromatic carbocycles. The van der Waals surface area contributed by atoms with Crippen LogP contribution in [0.5, 0.6) is 0 Å². The Morgan fingerprint density at radius 1 is 1.18 bits per heavy atom. The Morgan fingerprint density at radius 3 is 2.09 bits per heavy atom. The van der Waals surface area contributed by atoms with E-state index in [-0.39, 0.29) is 5.69 Å². The molecule has 1 N–H and O–H groups in total. The zero-order valence-electron chi connectivity index (χ0n) is 5.61. The summed E-state index contributed by atoms with van der Waals surface area (Å²) in [4.78, 5) is 10.1. The van der Waals surface area contributed by atoms with Crippen molar-refractivity contribution in [3.05, 3.63) is 40.2 Å². The van der Waals surface area contributed by atoms with E-state index >= 15 is 0 Å². The lowest BCUT2D eigenvalue weighted by Crippen LogP contribution is -2.96. The van der Waals surface area contributed by atoms with E-state index in [1.807, 2.05) is 0 Å². The summed E-state index contributed by atoms with van der Waals surface area (Å²) in [6.07, 6.45) is 0.652. The van der Waals surface area contributed by atoms with E-state index < -0.39 is 5.23 Å². The minimum atomic E-state index is -1.23. The zero-order valence-corrected chi connectivity index (χ0v) is 5.61. The Bertz CT molecular complexity index is 242. The van der Waals surface area contributed by atoms with Crippen molar-refractivity contribution >= 4 is 12.0 Å². The van der Waals surface area contributed by atoms with Gasteiger partial charge in [-0.15, -0.1) is 0 Å². The quantitative estimate of drug-likeness (QED) is 0.479. The molecule has 4 heteroatoms. The average Bonchev–Trinajstić information content (AvgIpc) is 2.05. The first kappa shape index (κ1) is 7.87. The fourth-order valence-electron chi connectivity index (χ4n) is 0.698. The molecule has 1 aromatic rings. The summed E-state index contributed by atoms with van der Waals surface area (Å²) < 4.78 is 0. The van der Waals surface area contributed by atoms with Crippen LogP contribution in [0.2, 0.25) is 0 Å². The lowest BCUT2D eigenvalue weighted by atomic mass is 10.2. The second-order valence-electron chi connectivity index (χ2n) is 2.03. The van der Waals surface area contributed by atoms with Crippen LogP contribution in [0.3, 0.4) is 0 Å². The first-order valence-corrected chi connectivity index (χ1v) is 3.00. The monoisotopic (exact) mass is 152 g/mol. The van der Waals surface area contributed by atoms with Gasteiger partial charge in [0.25, 0.3) is 0 Å². The molecule has 0 aliphatic rings. The highest BCUT2D eigenvalue weighted by molar-refractivity contribution is 5.75. The first-order valence-electron chi connectivity index (χ1n) is 3.00. The van der Waals surface area contributed by atoms with Crippen LogP contribution in [0.25, 0.3) is 0 Å². The fraction of sp³-hybridized carbons (Fsp3) is 0. The van der Waals surface area contributed by atoms with Gasteiger partial charge >= 0.3 is 0 Å². The van der Waals surface area contributed by atoms with E-state index in [4.69, 9.17) is 0 Å². The van der Waals surface area contributed by atoms with Crippen LogP contribution in [0, 0.1) is 10.4 Å². The second kappa shape index (κ2) is 3.25. The van der Waals surface area contributed by atoms with Gasteiger partial charge in [-0.1, -0.05) is 0 Å². The van der Waals surface area contributed by atoms with Crippen LogP contribution in [-0.4, -0.2) is 6.29 Å². The predicted octanol–water partition coefficient (Wildman–Crippen LogP) is 0.0111. The normalized spacial score (nSPS) is 10.1. The van der Waals surface area contributed by atoms with E-state index in [9.17, 15) is 15.2 Å². The number of carbonyl (C=O) groups is 1. The summed E-state index contributed by atoms with van der Waals surface area (Å²) in [5.41, 5.74) is 0.533.